The summed E-state index contributed by atoms with van der Waals surface area (Å²) in [5.41, 5.74) is 5.91. The molecule has 0 bridgehead atoms. The highest BCUT2D eigenvalue weighted by Crippen LogP contribution is 2.49. The number of carbonyl (C=O) groups excluding carboxylic acids is 2. The maximum Gasteiger partial charge on any atom is 0.222 e. The summed E-state index contributed by atoms with van der Waals surface area (Å²) >= 11 is 0. The molecular weight excluding hydrogens is 584 g/mol. The molecule has 1 aliphatic heterocycles. The van der Waals surface area contributed by atoms with Gasteiger partial charge in [0, 0.05) is 29.5 Å². The Kier molecular flexibility index (Phi) is 12.1. The molecule has 3 aliphatic rings. The number of allylic oxidation sites excluding steroid dienone is 2. The first-order valence-electron chi connectivity index (χ1n) is 17.0. The van der Waals surface area contributed by atoms with Crippen molar-refractivity contribution in [2.75, 3.05) is 18.5 Å². The van der Waals surface area contributed by atoms with Gasteiger partial charge in [-0.3, -0.25) is 15.0 Å². The van der Waals surface area contributed by atoms with Gasteiger partial charge >= 0.3 is 0 Å². The third kappa shape index (κ3) is 7.67. The minimum Gasteiger partial charge on any atom is -0.341 e. The zero-order valence-electron chi connectivity index (χ0n) is 29.5. The fraction of sp³-hybridized carbons (Fsp3) is 0.694. The zero-order chi connectivity index (χ0) is 33.9. The number of nitrogens with zero attached hydrogens (tertiary/aromatic N) is 1. The number of aromatic nitrogens is 1. The van der Waals surface area contributed by atoms with Crippen LogP contribution in [0.5, 0.6) is 0 Å². The molecule has 2 aliphatic carbocycles. The fourth-order valence-electron chi connectivity index (χ4n) is 8.88. The molecular formula is C36H56N4O6. The minimum absolute atomic E-state index is 0.0188. The summed E-state index contributed by atoms with van der Waals surface area (Å²) in [6, 6.07) is 0. The summed E-state index contributed by atoms with van der Waals surface area (Å²) in [5, 5.41) is 16.8. The Balaban J connectivity index is 1.70. The maximum atomic E-state index is 12.3. The Labute approximate surface area is 274 Å². The lowest BCUT2D eigenvalue weighted by molar-refractivity contribution is -0.340. The fourth-order valence-corrected chi connectivity index (χ4v) is 8.88. The molecule has 1 aromatic rings. The Bertz CT molecular complexity index is 1340. The molecule has 2 heterocycles. The van der Waals surface area contributed by atoms with Gasteiger partial charge in [0.05, 0.1) is 12.6 Å². The van der Waals surface area contributed by atoms with E-state index in [4.69, 9.17) is 14.7 Å². The van der Waals surface area contributed by atoms with E-state index in [1.54, 1.807) is 0 Å². The van der Waals surface area contributed by atoms with E-state index in [1.165, 1.54) is 6.92 Å². The molecule has 5 atom stereocenters. The van der Waals surface area contributed by atoms with Crippen molar-refractivity contribution in [3.63, 3.8) is 0 Å². The Hall–Kier alpha value is -2.79. The Morgan fingerprint density at radius 2 is 1.59 bits per heavy atom. The van der Waals surface area contributed by atoms with Gasteiger partial charge in [-0.15, -0.1) is 0 Å². The van der Waals surface area contributed by atoms with E-state index in [2.05, 4.69) is 62.2 Å². The average Bonchev–Trinajstić information content (AvgIpc) is 3.45. The third-order valence-electron chi connectivity index (χ3n) is 10.7. The third-order valence-corrected chi connectivity index (χ3v) is 10.7. The van der Waals surface area contributed by atoms with E-state index in [1.807, 2.05) is 20.8 Å². The lowest BCUT2D eigenvalue weighted by Crippen LogP contribution is -2.36. The number of amides is 1. The minimum atomic E-state index is -0.617. The van der Waals surface area contributed by atoms with Gasteiger partial charge in [0.25, 0.3) is 0 Å². The highest BCUT2D eigenvalue weighted by Gasteiger charge is 2.41. The first-order chi connectivity index (χ1) is 21.8. The van der Waals surface area contributed by atoms with Crippen molar-refractivity contribution in [2.24, 2.45) is 46.4 Å². The van der Waals surface area contributed by atoms with Crippen molar-refractivity contribution in [3.8, 4) is 0 Å². The maximum absolute atomic E-state index is 12.3. The van der Waals surface area contributed by atoms with Crippen LogP contribution in [-0.4, -0.2) is 47.5 Å². The van der Waals surface area contributed by atoms with Crippen molar-refractivity contribution in [1.82, 2.24) is 10.3 Å². The SMILES string of the molecule is CC(=O)Nc1[nH]c(C(C)=C2NC(=NCC=O)C(COOC3C(C)CC(C)CC3C)=C2C)c(C)c1C(OO)C1C(C)CC(C)CC1C. The van der Waals surface area contributed by atoms with Crippen molar-refractivity contribution in [2.45, 2.75) is 107 Å². The van der Waals surface area contributed by atoms with Gasteiger partial charge in [-0.1, -0.05) is 41.5 Å². The Morgan fingerprint density at radius 3 is 2.13 bits per heavy atom. The highest BCUT2D eigenvalue weighted by molar-refractivity contribution is 6.06. The number of aliphatic imine (C=N–C) groups is 1. The molecule has 0 spiro atoms. The van der Waals surface area contributed by atoms with Crippen LogP contribution in [0.2, 0.25) is 0 Å². The van der Waals surface area contributed by atoms with Crippen LogP contribution in [0.4, 0.5) is 5.82 Å². The monoisotopic (exact) mass is 640 g/mol. The molecule has 2 saturated carbocycles. The second-order valence-corrected chi connectivity index (χ2v) is 14.7. The zero-order valence-corrected chi connectivity index (χ0v) is 29.5. The summed E-state index contributed by atoms with van der Waals surface area (Å²) in [4.78, 5) is 48.8. The summed E-state index contributed by atoms with van der Waals surface area (Å²) in [6.45, 7) is 21.1. The standard InChI is InChI=1S/C36H56N4O6/c1-18-13-20(3)29(21(4)14-18)34(45-43)30-25(8)32(40-36(30)38-27(10)42)26(9)31-24(7)28(35(39-31)37-11-12-41)17-44-46-33-22(5)15-19(2)16-23(33)6/h12,18-23,29,33-34,40,43H,11,13-17H2,1-10H3,(H,37,39)(H,38,42). The molecule has 4 rings (SSSR count). The van der Waals surface area contributed by atoms with Gasteiger partial charge in [-0.25, -0.2) is 14.7 Å². The highest BCUT2D eigenvalue weighted by atomic mass is 17.2. The van der Waals surface area contributed by atoms with Gasteiger partial charge < -0.3 is 20.4 Å². The van der Waals surface area contributed by atoms with Gasteiger partial charge in [0.1, 0.15) is 30.7 Å². The second-order valence-electron chi connectivity index (χ2n) is 14.7. The normalized spacial score (nSPS) is 32.8. The average molecular weight is 641 g/mol. The van der Waals surface area contributed by atoms with Crippen molar-refractivity contribution >= 4 is 29.4 Å². The van der Waals surface area contributed by atoms with E-state index in [-0.39, 0.29) is 31.1 Å². The van der Waals surface area contributed by atoms with E-state index in [0.717, 1.165) is 71.2 Å². The molecule has 0 saturated heterocycles. The van der Waals surface area contributed by atoms with E-state index in [0.29, 0.717) is 47.2 Å². The number of amidine groups is 1. The lowest BCUT2D eigenvalue weighted by atomic mass is 9.66. The quantitative estimate of drug-likeness (QED) is 0.113. The van der Waals surface area contributed by atoms with Crippen LogP contribution in [0, 0.1) is 48.3 Å². The van der Waals surface area contributed by atoms with Crippen LogP contribution in [-0.2, 0) is 24.3 Å². The number of hydrogen-bond donors (Lipinski definition) is 4. The molecule has 2 fully saturated rings. The van der Waals surface area contributed by atoms with Crippen molar-refractivity contribution < 1.29 is 29.5 Å². The number of nitrogens with one attached hydrogen (secondary N) is 3. The molecule has 10 nitrogen and oxygen atoms in total. The van der Waals surface area contributed by atoms with Crippen LogP contribution >= 0.6 is 0 Å². The number of aromatic amines is 1. The summed E-state index contributed by atoms with van der Waals surface area (Å²) in [6.07, 6.45) is 4.48. The number of hydrogen-bond acceptors (Lipinski definition) is 7. The van der Waals surface area contributed by atoms with Crippen LogP contribution in [0.15, 0.2) is 21.8 Å². The van der Waals surface area contributed by atoms with Crippen molar-refractivity contribution in [1.29, 1.82) is 0 Å². The summed E-state index contributed by atoms with van der Waals surface area (Å²) in [7, 11) is 0. The number of carbonyl (C=O) groups is 2. The molecule has 46 heavy (non-hydrogen) atoms. The molecule has 1 aromatic heterocycles. The number of H-pyrrole nitrogens is 1. The predicted octanol–water partition coefficient (Wildman–Crippen LogP) is 7.40. The van der Waals surface area contributed by atoms with Crippen LogP contribution < -0.4 is 10.6 Å². The molecule has 1 amide bonds. The largest absolute Gasteiger partial charge is 0.341 e. The van der Waals surface area contributed by atoms with Crippen LogP contribution in [0.25, 0.3) is 5.57 Å². The molecule has 10 heteroatoms. The second kappa shape index (κ2) is 15.4. The first kappa shape index (κ1) is 36.1. The first-order valence-corrected chi connectivity index (χ1v) is 17.0. The molecule has 5 unspecified atom stereocenters. The molecule has 0 aromatic carbocycles. The topological polar surface area (TPSA) is 134 Å². The summed E-state index contributed by atoms with van der Waals surface area (Å²) < 4.78 is 0. The van der Waals surface area contributed by atoms with Crippen molar-refractivity contribution in [3.05, 3.63) is 33.7 Å². The van der Waals surface area contributed by atoms with E-state index in [9.17, 15) is 14.8 Å². The number of aldehydes is 1. The number of anilines is 1. The molecule has 256 valence electrons. The van der Waals surface area contributed by atoms with E-state index < -0.39 is 6.10 Å². The van der Waals surface area contributed by atoms with Gasteiger partial charge in [0.15, 0.2) is 0 Å². The predicted molar refractivity (Wildman–Crippen MR) is 181 cm³/mol. The smallest absolute Gasteiger partial charge is 0.222 e. The lowest BCUT2D eigenvalue weighted by Gasteiger charge is -2.41. The van der Waals surface area contributed by atoms with Crippen LogP contribution in [0.1, 0.15) is 111 Å². The number of rotatable bonds is 11. The summed E-state index contributed by atoms with van der Waals surface area (Å²) in [5.74, 6) is 3.66. The van der Waals surface area contributed by atoms with Gasteiger partial charge in [-0.2, -0.15) is 0 Å². The molecule has 4 N–H and O–H groups in total. The van der Waals surface area contributed by atoms with Gasteiger partial charge in [0.2, 0.25) is 5.91 Å². The van der Waals surface area contributed by atoms with E-state index >= 15 is 0 Å². The Morgan fingerprint density at radius 1 is 1.00 bits per heavy atom. The van der Waals surface area contributed by atoms with Gasteiger partial charge in [-0.05, 0) is 105 Å². The van der Waals surface area contributed by atoms with Crippen LogP contribution in [0.3, 0.4) is 0 Å². The molecule has 0 radical (unpaired) electrons.